The van der Waals surface area contributed by atoms with Crippen molar-refractivity contribution in [2.75, 3.05) is 11.9 Å². The van der Waals surface area contributed by atoms with Crippen molar-refractivity contribution in [3.05, 3.63) is 12.0 Å². The van der Waals surface area contributed by atoms with Crippen molar-refractivity contribution in [1.82, 2.24) is 14.9 Å². The lowest BCUT2D eigenvalue weighted by molar-refractivity contribution is -0.0241. The lowest BCUT2D eigenvalue weighted by Gasteiger charge is -2.24. The van der Waals surface area contributed by atoms with Crippen molar-refractivity contribution in [2.24, 2.45) is 11.5 Å². The minimum Gasteiger partial charge on any atom is -0.394 e. The molecule has 0 aromatic carbocycles. The van der Waals surface area contributed by atoms with Gasteiger partial charge in [0.25, 0.3) is 5.91 Å². The Kier molecular flexibility index (Phi) is 2.90. The first-order valence-corrected chi connectivity index (χ1v) is 6.02. The molecular formula is C10H16N6O3. The minimum atomic E-state index is -0.667. The number of carbonyl (C=O) groups is 1. The first-order valence-electron chi connectivity index (χ1n) is 6.02. The smallest absolute Gasteiger partial charge is 0.276 e. The molecule has 19 heavy (non-hydrogen) atoms. The summed E-state index contributed by atoms with van der Waals surface area (Å²) in [7, 11) is 0. The maximum Gasteiger partial charge on any atom is 0.276 e. The van der Waals surface area contributed by atoms with Crippen LogP contribution in [0, 0.1) is 0 Å². The second-order valence-corrected chi connectivity index (χ2v) is 4.66. The number of aromatic nitrogens is 2. The fourth-order valence-electron chi connectivity index (χ4n) is 2.38. The number of rotatable bonds is 2. The Morgan fingerprint density at radius 2 is 2.32 bits per heavy atom. The van der Waals surface area contributed by atoms with Crippen LogP contribution in [0.15, 0.2) is 6.33 Å². The summed E-state index contributed by atoms with van der Waals surface area (Å²) in [6.07, 6.45) is 0.598. The molecule has 0 radical (unpaired) electrons. The molecule has 1 fully saturated rings. The van der Waals surface area contributed by atoms with Crippen LogP contribution in [0.1, 0.15) is 23.1 Å². The highest BCUT2D eigenvalue weighted by atomic mass is 16.5. The Morgan fingerprint density at radius 3 is 3.00 bits per heavy atom. The van der Waals surface area contributed by atoms with E-state index in [1.165, 1.54) is 6.33 Å². The van der Waals surface area contributed by atoms with E-state index in [4.69, 9.17) is 21.3 Å². The summed E-state index contributed by atoms with van der Waals surface area (Å²) in [5.74, 6) is 0.174. The predicted octanol–water partition coefficient (Wildman–Crippen LogP) is -2.11. The fraction of sp³-hybridized carbons (Fsp3) is 0.600. The van der Waals surface area contributed by atoms with Gasteiger partial charge in [0.1, 0.15) is 12.0 Å². The van der Waals surface area contributed by atoms with Crippen molar-refractivity contribution in [2.45, 2.75) is 31.1 Å². The van der Waals surface area contributed by atoms with Gasteiger partial charge in [-0.3, -0.25) is 15.1 Å². The van der Waals surface area contributed by atoms with Crippen molar-refractivity contribution in [3.63, 3.8) is 0 Å². The molecule has 0 bridgehead atoms. The van der Waals surface area contributed by atoms with Crippen molar-refractivity contribution < 1.29 is 14.6 Å². The summed E-state index contributed by atoms with van der Waals surface area (Å²) < 4.78 is 7.32. The van der Waals surface area contributed by atoms with Gasteiger partial charge in [0.05, 0.1) is 19.0 Å². The molecule has 7 N–H and O–H groups in total. The lowest BCUT2D eigenvalue weighted by atomic mass is 10.1. The maximum absolute atomic E-state index is 11.7. The molecule has 0 spiro atoms. The van der Waals surface area contributed by atoms with Gasteiger partial charge in [-0.1, -0.05) is 0 Å². The van der Waals surface area contributed by atoms with Crippen LogP contribution in [0.2, 0.25) is 0 Å². The Hall–Kier alpha value is -1.68. The molecule has 2 aliphatic heterocycles. The second kappa shape index (κ2) is 4.46. The molecule has 4 atom stereocenters. The van der Waals surface area contributed by atoms with Gasteiger partial charge in [0, 0.05) is 12.5 Å². The summed E-state index contributed by atoms with van der Waals surface area (Å²) >= 11 is 0. The number of aliphatic hydroxyl groups excluding tert-OH is 1. The van der Waals surface area contributed by atoms with E-state index < -0.39 is 12.4 Å². The summed E-state index contributed by atoms with van der Waals surface area (Å²) in [5, 5.41) is 14.6. The second-order valence-electron chi connectivity index (χ2n) is 4.66. The standard InChI is InChI=1S/C10H16N6O3/c11-4-1-6(19-5(4)2-17)16-3-13-7-8(16)14-10(12)15-9(7)18/h3-6,10,14,17H,1-2,11-12H2,(H,15,18)/t4?,5-,6-,10?/m1/s1. The quantitative estimate of drug-likeness (QED) is 0.413. The molecule has 3 heterocycles. The van der Waals surface area contributed by atoms with E-state index in [1.807, 2.05) is 0 Å². The van der Waals surface area contributed by atoms with E-state index in [0.717, 1.165) is 0 Å². The van der Waals surface area contributed by atoms with Crippen LogP contribution < -0.4 is 22.1 Å². The maximum atomic E-state index is 11.7. The van der Waals surface area contributed by atoms with Gasteiger partial charge < -0.3 is 26.2 Å². The van der Waals surface area contributed by atoms with E-state index >= 15 is 0 Å². The Morgan fingerprint density at radius 1 is 1.53 bits per heavy atom. The zero-order valence-corrected chi connectivity index (χ0v) is 10.1. The number of nitrogens with one attached hydrogen (secondary N) is 2. The largest absolute Gasteiger partial charge is 0.394 e. The number of ether oxygens (including phenoxy) is 1. The van der Waals surface area contributed by atoms with Gasteiger partial charge in [0.15, 0.2) is 12.0 Å². The molecule has 2 unspecified atom stereocenters. The summed E-state index contributed by atoms with van der Waals surface area (Å²) in [4.78, 5) is 15.7. The van der Waals surface area contributed by atoms with Crippen molar-refractivity contribution >= 4 is 11.7 Å². The SMILES string of the molecule is NC1NC(=O)c2ncn([C@H]3CC(N)[C@@H](CO)O3)c2N1. The van der Waals surface area contributed by atoms with Gasteiger partial charge in [-0.05, 0) is 0 Å². The molecule has 0 aliphatic carbocycles. The van der Waals surface area contributed by atoms with Crippen LogP contribution in [0.5, 0.6) is 0 Å². The Labute approximate surface area is 108 Å². The normalized spacial score (nSPS) is 33.7. The highest BCUT2D eigenvalue weighted by Crippen LogP contribution is 2.32. The third-order valence-corrected chi connectivity index (χ3v) is 3.36. The number of fused-ring (bicyclic) bond motifs is 1. The molecule has 1 aromatic rings. The first kappa shape index (κ1) is 12.4. The molecular weight excluding hydrogens is 252 g/mol. The zero-order chi connectivity index (χ0) is 13.6. The van der Waals surface area contributed by atoms with E-state index in [9.17, 15) is 4.79 Å². The molecule has 3 rings (SSSR count). The molecule has 104 valence electrons. The summed E-state index contributed by atoms with van der Waals surface area (Å²) in [6.45, 7) is -0.137. The highest BCUT2D eigenvalue weighted by molar-refractivity contribution is 5.98. The average Bonchev–Trinajstić information content (AvgIpc) is 2.92. The Balaban J connectivity index is 1.89. The number of nitrogens with two attached hydrogens (primary N) is 2. The van der Waals surface area contributed by atoms with E-state index in [2.05, 4.69) is 15.6 Å². The first-order chi connectivity index (χ1) is 9.10. The van der Waals surface area contributed by atoms with E-state index in [-0.39, 0.29) is 30.5 Å². The van der Waals surface area contributed by atoms with Crippen molar-refractivity contribution in [1.29, 1.82) is 0 Å². The Bertz CT molecular complexity index is 503. The molecule has 1 saturated heterocycles. The number of hydrogen-bond donors (Lipinski definition) is 5. The van der Waals surface area contributed by atoms with Gasteiger partial charge in [-0.25, -0.2) is 4.98 Å². The van der Waals surface area contributed by atoms with Crippen LogP contribution in [0.4, 0.5) is 5.82 Å². The number of aliphatic hydroxyl groups is 1. The lowest BCUT2D eigenvalue weighted by Crippen LogP contribution is -2.51. The van der Waals surface area contributed by atoms with Crippen LogP contribution >= 0.6 is 0 Å². The van der Waals surface area contributed by atoms with Crippen LogP contribution in [-0.4, -0.2) is 45.6 Å². The fourth-order valence-corrected chi connectivity index (χ4v) is 2.38. The average molecular weight is 268 g/mol. The predicted molar refractivity (Wildman–Crippen MR) is 64.9 cm³/mol. The number of imidazole rings is 1. The third kappa shape index (κ3) is 1.96. The molecule has 1 aromatic heterocycles. The third-order valence-electron chi connectivity index (χ3n) is 3.36. The minimum absolute atomic E-state index is 0.137. The van der Waals surface area contributed by atoms with Crippen LogP contribution in [0.25, 0.3) is 0 Å². The van der Waals surface area contributed by atoms with Gasteiger partial charge in [-0.2, -0.15) is 0 Å². The monoisotopic (exact) mass is 268 g/mol. The molecule has 9 nitrogen and oxygen atoms in total. The molecule has 9 heteroatoms. The molecule has 1 amide bonds. The number of amides is 1. The molecule has 0 saturated carbocycles. The van der Waals surface area contributed by atoms with E-state index in [0.29, 0.717) is 12.2 Å². The van der Waals surface area contributed by atoms with Gasteiger partial charge >= 0.3 is 0 Å². The number of nitrogens with zero attached hydrogens (tertiary/aromatic N) is 2. The van der Waals surface area contributed by atoms with E-state index in [1.54, 1.807) is 4.57 Å². The zero-order valence-electron chi connectivity index (χ0n) is 10.1. The molecule has 2 aliphatic rings. The summed E-state index contributed by atoms with van der Waals surface area (Å²) in [6, 6.07) is -0.251. The van der Waals surface area contributed by atoms with Crippen LogP contribution in [0.3, 0.4) is 0 Å². The summed E-state index contributed by atoms with van der Waals surface area (Å²) in [5.41, 5.74) is 11.8. The van der Waals surface area contributed by atoms with Crippen molar-refractivity contribution in [3.8, 4) is 0 Å². The van der Waals surface area contributed by atoms with Crippen LogP contribution in [-0.2, 0) is 4.74 Å². The van der Waals surface area contributed by atoms with Gasteiger partial charge in [-0.15, -0.1) is 0 Å². The topological polar surface area (TPSA) is 140 Å². The van der Waals surface area contributed by atoms with Gasteiger partial charge in [0.2, 0.25) is 0 Å². The number of hydrogen-bond acceptors (Lipinski definition) is 7. The number of carbonyl (C=O) groups excluding carboxylic acids is 1. The number of anilines is 1. The highest BCUT2D eigenvalue weighted by Gasteiger charge is 2.36.